The second-order valence-electron chi connectivity index (χ2n) is 8.60. The number of likely N-dealkylation sites (tertiary alicyclic amines) is 1. The topological polar surface area (TPSA) is 75.7 Å². The molecule has 156 valence electrons. The number of amides is 2. The monoisotopic (exact) mass is 382 g/mol. The molecule has 6 heteroatoms. The zero-order valence-electron chi connectivity index (χ0n) is 18.0. The minimum absolute atomic E-state index is 0.0118. The van der Waals surface area contributed by atoms with Crippen molar-refractivity contribution < 1.29 is 19.1 Å². The molecule has 1 saturated heterocycles. The van der Waals surface area contributed by atoms with Crippen molar-refractivity contribution >= 4 is 17.6 Å². The molecule has 2 atom stereocenters. The highest BCUT2D eigenvalue weighted by Crippen LogP contribution is 2.28. The van der Waals surface area contributed by atoms with Gasteiger partial charge in [-0.3, -0.25) is 14.4 Å². The first-order valence-corrected chi connectivity index (χ1v) is 10.3. The van der Waals surface area contributed by atoms with E-state index < -0.39 is 11.0 Å². The van der Waals surface area contributed by atoms with E-state index in [0.29, 0.717) is 32.3 Å². The summed E-state index contributed by atoms with van der Waals surface area (Å²) in [5.74, 6) is 0.0455. The molecular formula is C21H38N2O4. The molecule has 2 amide bonds. The molecule has 0 aromatic heterocycles. The molecule has 0 aromatic rings. The van der Waals surface area contributed by atoms with E-state index in [2.05, 4.69) is 5.32 Å². The number of rotatable bonds is 11. The fourth-order valence-corrected chi connectivity index (χ4v) is 3.43. The summed E-state index contributed by atoms with van der Waals surface area (Å²) < 4.78 is 5.89. The third kappa shape index (κ3) is 7.24. The van der Waals surface area contributed by atoms with Crippen LogP contribution in [0, 0.1) is 5.41 Å². The molecule has 1 fully saturated rings. The third-order valence-corrected chi connectivity index (χ3v) is 5.77. The Morgan fingerprint density at radius 3 is 2.37 bits per heavy atom. The van der Waals surface area contributed by atoms with E-state index in [0.717, 1.165) is 19.4 Å². The highest BCUT2D eigenvalue weighted by Gasteiger charge is 2.33. The number of carbonyl (C=O) groups excluding carboxylic acids is 3. The second-order valence-corrected chi connectivity index (χ2v) is 8.60. The van der Waals surface area contributed by atoms with Crippen molar-refractivity contribution in [3.8, 4) is 0 Å². The quantitative estimate of drug-likeness (QED) is 0.596. The van der Waals surface area contributed by atoms with Gasteiger partial charge in [-0.25, -0.2) is 0 Å². The molecule has 0 saturated carbocycles. The van der Waals surface area contributed by atoms with Crippen LogP contribution in [0.2, 0.25) is 0 Å². The van der Waals surface area contributed by atoms with Gasteiger partial charge < -0.3 is 15.0 Å². The Morgan fingerprint density at radius 1 is 1.19 bits per heavy atom. The molecule has 2 unspecified atom stereocenters. The van der Waals surface area contributed by atoms with Gasteiger partial charge in [0, 0.05) is 37.5 Å². The summed E-state index contributed by atoms with van der Waals surface area (Å²) in [7, 11) is 0. The number of nitrogens with zero attached hydrogens (tertiary/aromatic N) is 1. The number of hydrogen-bond donors (Lipinski definition) is 1. The summed E-state index contributed by atoms with van der Waals surface area (Å²) in [5, 5.41) is 2.82. The zero-order chi connectivity index (χ0) is 20.7. The summed E-state index contributed by atoms with van der Waals surface area (Å²) in [5.41, 5.74) is -1.12. The van der Waals surface area contributed by atoms with Crippen molar-refractivity contribution in [1.29, 1.82) is 0 Å². The van der Waals surface area contributed by atoms with Crippen molar-refractivity contribution in [2.75, 3.05) is 19.7 Å². The van der Waals surface area contributed by atoms with Gasteiger partial charge >= 0.3 is 0 Å². The van der Waals surface area contributed by atoms with Gasteiger partial charge in [-0.15, -0.1) is 0 Å². The third-order valence-electron chi connectivity index (χ3n) is 5.77. The highest BCUT2D eigenvalue weighted by molar-refractivity contribution is 5.87. The Bertz CT molecular complexity index is 532. The molecule has 1 aliphatic rings. The lowest BCUT2D eigenvalue weighted by atomic mass is 9.83. The number of ketones is 1. The number of ether oxygens (including phenoxy) is 1. The molecular weight excluding hydrogens is 344 g/mol. The van der Waals surface area contributed by atoms with E-state index in [1.54, 1.807) is 0 Å². The van der Waals surface area contributed by atoms with Gasteiger partial charge in [-0.2, -0.15) is 0 Å². The number of carbonyl (C=O) groups is 3. The molecule has 0 aliphatic carbocycles. The number of hydrogen-bond acceptors (Lipinski definition) is 4. The normalized spacial score (nSPS) is 19.6. The van der Waals surface area contributed by atoms with Gasteiger partial charge in [0.2, 0.25) is 11.8 Å². The summed E-state index contributed by atoms with van der Waals surface area (Å²) in [6.45, 7) is 12.8. The molecule has 0 spiro atoms. The highest BCUT2D eigenvalue weighted by atomic mass is 16.5. The Kier molecular flexibility index (Phi) is 8.92. The lowest BCUT2D eigenvalue weighted by Gasteiger charge is -2.30. The van der Waals surface area contributed by atoms with Crippen molar-refractivity contribution in [2.24, 2.45) is 5.41 Å². The van der Waals surface area contributed by atoms with E-state index >= 15 is 0 Å². The van der Waals surface area contributed by atoms with E-state index in [-0.39, 0.29) is 30.2 Å². The SMILES string of the molecule is CCC(=O)CC(C)(C)OCCC(C)(CC)C(=O)NCC(=O)N1CCCC1C. The predicted molar refractivity (Wildman–Crippen MR) is 106 cm³/mol. The van der Waals surface area contributed by atoms with E-state index in [9.17, 15) is 14.4 Å². The first-order chi connectivity index (χ1) is 12.5. The van der Waals surface area contributed by atoms with Gasteiger partial charge in [0.05, 0.1) is 12.1 Å². The largest absolute Gasteiger partial charge is 0.375 e. The average molecular weight is 383 g/mol. The fraction of sp³-hybridized carbons (Fsp3) is 0.857. The van der Waals surface area contributed by atoms with E-state index in [1.807, 2.05) is 46.4 Å². The fourth-order valence-electron chi connectivity index (χ4n) is 3.43. The van der Waals surface area contributed by atoms with Crippen molar-refractivity contribution in [3.05, 3.63) is 0 Å². The van der Waals surface area contributed by atoms with Gasteiger partial charge in [-0.1, -0.05) is 20.8 Å². The predicted octanol–water partition coefficient (Wildman–Crippen LogP) is 3.08. The van der Waals surface area contributed by atoms with Crippen LogP contribution in [0.3, 0.4) is 0 Å². The molecule has 0 bridgehead atoms. The first-order valence-electron chi connectivity index (χ1n) is 10.3. The van der Waals surface area contributed by atoms with Gasteiger partial charge in [-0.05, 0) is 46.5 Å². The van der Waals surface area contributed by atoms with Crippen molar-refractivity contribution in [3.63, 3.8) is 0 Å². The standard InChI is InChI=1S/C21H38N2O4/c1-7-17(24)14-20(4,5)27-13-11-21(6,8-2)19(26)22-15-18(25)23-12-9-10-16(23)3/h16H,7-15H2,1-6H3,(H,22,26). The van der Waals surface area contributed by atoms with Crippen LogP contribution in [-0.4, -0.2) is 53.8 Å². The Morgan fingerprint density at radius 2 is 1.85 bits per heavy atom. The zero-order valence-corrected chi connectivity index (χ0v) is 18.0. The molecule has 1 N–H and O–H groups in total. The minimum atomic E-state index is -0.595. The maximum atomic E-state index is 12.7. The lowest BCUT2D eigenvalue weighted by molar-refractivity contribution is -0.138. The van der Waals surface area contributed by atoms with Crippen LogP contribution in [-0.2, 0) is 19.1 Å². The smallest absolute Gasteiger partial charge is 0.242 e. The minimum Gasteiger partial charge on any atom is -0.375 e. The number of Topliss-reactive ketones (excluding diaryl/α,β-unsaturated/α-hetero) is 1. The number of nitrogens with one attached hydrogen (secondary N) is 1. The molecule has 1 heterocycles. The van der Waals surface area contributed by atoms with Gasteiger partial charge in [0.15, 0.2) is 0 Å². The van der Waals surface area contributed by atoms with Crippen LogP contribution in [0.15, 0.2) is 0 Å². The van der Waals surface area contributed by atoms with Crippen LogP contribution in [0.1, 0.15) is 80.1 Å². The summed E-state index contributed by atoms with van der Waals surface area (Å²) >= 11 is 0. The van der Waals surface area contributed by atoms with Gasteiger partial charge in [0.1, 0.15) is 5.78 Å². The Hall–Kier alpha value is -1.43. The second kappa shape index (κ2) is 10.2. The van der Waals surface area contributed by atoms with Crippen LogP contribution in [0.25, 0.3) is 0 Å². The van der Waals surface area contributed by atoms with Gasteiger partial charge in [0.25, 0.3) is 0 Å². The maximum absolute atomic E-state index is 12.7. The molecule has 1 rings (SSSR count). The first kappa shape index (κ1) is 23.6. The van der Waals surface area contributed by atoms with Crippen LogP contribution < -0.4 is 5.32 Å². The maximum Gasteiger partial charge on any atom is 0.242 e. The average Bonchev–Trinajstić information content (AvgIpc) is 3.04. The molecule has 1 aliphatic heterocycles. The van der Waals surface area contributed by atoms with Crippen molar-refractivity contribution in [1.82, 2.24) is 10.2 Å². The summed E-state index contributed by atoms with van der Waals surface area (Å²) in [4.78, 5) is 38.5. The molecule has 27 heavy (non-hydrogen) atoms. The lowest BCUT2D eigenvalue weighted by Crippen LogP contribution is -2.46. The van der Waals surface area contributed by atoms with E-state index in [4.69, 9.17) is 4.74 Å². The van der Waals surface area contributed by atoms with Crippen molar-refractivity contribution in [2.45, 2.75) is 91.7 Å². The Labute approximate surface area is 164 Å². The Balaban J connectivity index is 2.49. The van der Waals surface area contributed by atoms with E-state index in [1.165, 1.54) is 0 Å². The molecule has 6 nitrogen and oxygen atoms in total. The summed E-state index contributed by atoms with van der Waals surface area (Å²) in [6, 6.07) is 0.258. The molecule has 0 radical (unpaired) electrons. The van der Waals surface area contributed by atoms with Crippen LogP contribution in [0.4, 0.5) is 0 Å². The summed E-state index contributed by atoms with van der Waals surface area (Å²) in [6.07, 6.45) is 4.14. The molecule has 0 aromatic carbocycles. The van der Waals surface area contributed by atoms with Crippen LogP contribution >= 0.6 is 0 Å². The van der Waals surface area contributed by atoms with Crippen LogP contribution in [0.5, 0.6) is 0 Å².